The smallest absolute Gasteiger partial charge is 0.343 e. The third-order valence-electron chi connectivity index (χ3n) is 3.41. The van der Waals surface area contributed by atoms with Crippen LogP contribution in [0.25, 0.3) is 0 Å². The number of benzene rings is 3. The lowest BCUT2D eigenvalue weighted by atomic mass is 10.2. The standard InChI is InChI=1S/C19H9F5O3/c20-13-14(21)16(23)18(17(24)15(13)22)27-19(25)10-5-4-8-12(9-10)26-11-6-2-1-3-7-11/h1-9H. The molecule has 0 saturated heterocycles. The SMILES string of the molecule is O=C(Oc1c(F)c(F)c(F)c(F)c1F)c1cccc(Oc2ccccc2)c1. The average molecular weight is 380 g/mol. The van der Waals surface area contributed by atoms with E-state index in [1.54, 1.807) is 30.3 Å². The van der Waals surface area contributed by atoms with Crippen LogP contribution < -0.4 is 9.47 Å². The Kier molecular flexibility index (Phi) is 5.07. The van der Waals surface area contributed by atoms with Crippen LogP contribution in [0.5, 0.6) is 17.2 Å². The average Bonchev–Trinajstić information content (AvgIpc) is 2.69. The Morgan fingerprint density at radius 3 is 1.85 bits per heavy atom. The molecule has 0 aliphatic rings. The molecule has 0 atom stereocenters. The molecule has 0 aliphatic carbocycles. The van der Waals surface area contributed by atoms with Crippen LogP contribution in [0.3, 0.4) is 0 Å². The number of carbonyl (C=O) groups excluding carboxylic acids is 1. The maximum atomic E-state index is 13.6. The number of para-hydroxylation sites is 1. The zero-order valence-electron chi connectivity index (χ0n) is 13.3. The van der Waals surface area contributed by atoms with Crippen LogP contribution in [-0.2, 0) is 0 Å². The zero-order chi connectivity index (χ0) is 19.6. The fourth-order valence-electron chi connectivity index (χ4n) is 2.14. The first-order chi connectivity index (χ1) is 12.9. The summed E-state index contributed by atoms with van der Waals surface area (Å²) in [4.78, 5) is 12.1. The van der Waals surface area contributed by atoms with Gasteiger partial charge in [0, 0.05) is 0 Å². The molecule has 0 bridgehead atoms. The van der Waals surface area contributed by atoms with Crippen molar-refractivity contribution >= 4 is 5.97 Å². The molecule has 0 saturated carbocycles. The zero-order valence-corrected chi connectivity index (χ0v) is 13.3. The monoisotopic (exact) mass is 380 g/mol. The van der Waals surface area contributed by atoms with Gasteiger partial charge in [-0.3, -0.25) is 0 Å². The van der Waals surface area contributed by atoms with Gasteiger partial charge in [-0.25, -0.2) is 18.0 Å². The largest absolute Gasteiger partial charge is 0.457 e. The third-order valence-corrected chi connectivity index (χ3v) is 3.41. The molecule has 0 aromatic heterocycles. The first-order valence-electron chi connectivity index (χ1n) is 7.45. The van der Waals surface area contributed by atoms with E-state index >= 15 is 0 Å². The first-order valence-corrected chi connectivity index (χ1v) is 7.45. The summed E-state index contributed by atoms with van der Waals surface area (Å²) >= 11 is 0. The number of hydrogen-bond donors (Lipinski definition) is 0. The first kappa shape index (κ1) is 18.4. The van der Waals surface area contributed by atoms with Crippen LogP contribution >= 0.6 is 0 Å². The Balaban J connectivity index is 1.87. The van der Waals surface area contributed by atoms with Gasteiger partial charge >= 0.3 is 5.97 Å². The molecule has 8 heteroatoms. The minimum Gasteiger partial charge on any atom is -0.457 e. The minimum atomic E-state index is -2.34. The second-order valence-corrected chi connectivity index (χ2v) is 5.23. The molecular formula is C19H9F5O3. The fourth-order valence-corrected chi connectivity index (χ4v) is 2.14. The van der Waals surface area contributed by atoms with Crippen molar-refractivity contribution in [2.24, 2.45) is 0 Å². The van der Waals surface area contributed by atoms with Gasteiger partial charge in [-0.15, -0.1) is 0 Å². The van der Waals surface area contributed by atoms with E-state index in [0.717, 1.165) is 0 Å². The molecule has 0 heterocycles. The molecule has 0 radical (unpaired) electrons. The van der Waals surface area contributed by atoms with Crippen LogP contribution in [0.4, 0.5) is 22.0 Å². The van der Waals surface area contributed by atoms with Gasteiger partial charge in [0.05, 0.1) is 5.56 Å². The van der Waals surface area contributed by atoms with Crippen molar-refractivity contribution in [1.82, 2.24) is 0 Å². The Hall–Kier alpha value is -3.42. The highest BCUT2D eigenvalue weighted by atomic mass is 19.2. The van der Waals surface area contributed by atoms with Crippen LogP contribution in [0, 0.1) is 29.1 Å². The quantitative estimate of drug-likeness (QED) is 0.200. The maximum absolute atomic E-state index is 13.6. The van der Waals surface area contributed by atoms with E-state index in [1.807, 2.05) is 0 Å². The normalized spacial score (nSPS) is 10.6. The number of halogens is 5. The summed E-state index contributed by atoms with van der Waals surface area (Å²) in [7, 11) is 0. The van der Waals surface area contributed by atoms with Crippen molar-refractivity contribution in [2.75, 3.05) is 0 Å². The molecule has 0 unspecified atom stereocenters. The van der Waals surface area contributed by atoms with Gasteiger partial charge in [-0.2, -0.15) is 8.78 Å². The highest BCUT2D eigenvalue weighted by Gasteiger charge is 2.28. The second-order valence-electron chi connectivity index (χ2n) is 5.23. The van der Waals surface area contributed by atoms with Crippen LogP contribution in [0.15, 0.2) is 54.6 Å². The van der Waals surface area contributed by atoms with E-state index in [4.69, 9.17) is 4.74 Å². The predicted octanol–water partition coefficient (Wildman–Crippen LogP) is 5.39. The van der Waals surface area contributed by atoms with Gasteiger partial charge < -0.3 is 9.47 Å². The number of ether oxygens (including phenoxy) is 2. The van der Waals surface area contributed by atoms with Crippen LogP contribution in [0.2, 0.25) is 0 Å². The van der Waals surface area contributed by atoms with E-state index in [-0.39, 0.29) is 11.3 Å². The summed E-state index contributed by atoms with van der Waals surface area (Å²) in [6.07, 6.45) is 0. The molecule has 0 aliphatic heterocycles. The van der Waals surface area contributed by atoms with Crippen molar-refractivity contribution in [3.63, 3.8) is 0 Å². The molecule has 0 N–H and O–H groups in total. The van der Waals surface area contributed by atoms with Crippen molar-refractivity contribution in [3.8, 4) is 17.2 Å². The lowest BCUT2D eigenvalue weighted by Gasteiger charge is -2.10. The molecule has 0 fully saturated rings. The van der Waals surface area contributed by atoms with Gasteiger partial charge in [0.1, 0.15) is 11.5 Å². The fraction of sp³-hybridized carbons (Fsp3) is 0. The molecule has 27 heavy (non-hydrogen) atoms. The van der Waals surface area contributed by atoms with Crippen molar-refractivity contribution in [3.05, 3.63) is 89.2 Å². The predicted molar refractivity (Wildman–Crippen MR) is 84.1 cm³/mol. The molecule has 3 nitrogen and oxygen atoms in total. The molecule has 3 aromatic carbocycles. The molecule has 138 valence electrons. The van der Waals surface area contributed by atoms with Gasteiger partial charge in [0.25, 0.3) is 0 Å². The van der Waals surface area contributed by atoms with Gasteiger partial charge in [0.2, 0.25) is 34.8 Å². The Bertz CT molecular complexity index is 977. The highest BCUT2D eigenvalue weighted by molar-refractivity contribution is 5.91. The van der Waals surface area contributed by atoms with Crippen LogP contribution in [0.1, 0.15) is 10.4 Å². The summed E-state index contributed by atoms with van der Waals surface area (Å²) in [5, 5.41) is 0. The lowest BCUT2D eigenvalue weighted by Crippen LogP contribution is -2.13. The summed E-state index contributed by atoms with van der Waals surface area (Å²) < 4.78 is 76.5. The van der Waals surface area contributed by atoms with E-state index in [2.05, 4.69) is 4.74 Å². The summed E-state index contributed by atoms with van der Waals surface area (Å²) in [6, 6.07) is 13.8. The van der Waals surface area contributed by atoms with E-state index in [1.165, 1.54) is 24.3 Å². The third kappa shape index (κ3) is 3.74. The highest BCUT2D eigenvalue weighted by Crippen LogP contribution is 2.30. The van der Waals surface area contributed by atoms with Crippen molar-refractivity contribution < 1.29 is 36.2 Å². The Labute approximate surface area is 149 Å². The summed E-state index contributed by atoms with van der Waals surface area (Å²) in [5.41, 5.74) is -0.215. The molecular weight excluding hydrogens is 371 g/mol. The van der Waals surface area contributed by atoms with E-state index in [9.17, 15) is 26.7 Å². The Morgan fingerprint density at radius 2 is 1.22 bits per heavy atom. The lowest BCUT2D eigenvalue weighted by molar-refractivity contribution is 0.0715. The summed E-state index contributed by atoms with van der Waals surface area (Å²) in [5.74, 6) is -13.6. The van der Waals surface area contributed by atoms with Gasteiger partial charge in [-0.05, 0) is 30.3 Å². The van der Waals surface area contributed by atoms with Gasteiger partial charge in [0.15, 0.2) is 0 Å². The van der Waals surface area contributed by atoms with Crippen LogP contribution in [-0.4, -0.2) is 5.97 Å². The van der Waals surface area contributed by atoms with Crippen molar-refractivity contribution in [2.45, 2.75) is 0 Å². The molecule has 3 rings (SSSR count). The van der Waals surface area contributed by atoms with Crippen molar-refractivity contribution in [1.29, 1.82) is 0 Å². The topological polar surface area (TPSA) is 35.5 Å². The van der Waals surface area contributed by atoms with Gasteiger partial charge in [-0.1, -0.05) is 24.3 Å². The molecule has 0 amide bonds. The Morgan fingerprint density at radius 1 is 0.667 bits per heavy atom. The molecule has 0 spiro atoms. The second kappa shape index (κ2) is 7.45. The maximum Gasteiger partial charge on any atom is 0.343 e. The summed E-state index contributed by atoms with van der Waals surface area (Å²) in [6.45, 7) is 0. The van der Waals surface area contributed by atoms with E-state index in [0.29, 0.717) is 5.75 Å². The molecule has 3 aromatic rings. The van der Waals surface area contributed by atoms with E-state index < -0.39 is 40.8 Å². The minimum absolute atomic E-state index is 0.202. The number of esters is 1. The number of carbonyl (C=O) groups is 1. The number of hydrogen-bond acceptors (Lipinski definition) is 3. The number of rotatable bonds is 4.